The van der Waals surface area contributed by atoms with E-state index in [9.17, 15) is 13.2 Å². The quantitative estimate of drug-likeness (QED) is 0.480. The van der Waals surface area contributed by atoms with Gasteiger partial charge in [0.25, 0.3) is 10.0 Å². The van der Waals surface area contributed by atoms with E-state index in [-0.39, 0.29) is 11.5 Å². The molecule has 0 atom stereocenters. The minimum Gasteiger partial charge on any atom is -0.497 e. The molecule has 7 heteroatoms. The lowest BCUT2D eigenvalue weighted by molar-refractivity contribution is -0.137. The molecule has 6 nitrogen and oxygen atoms in total. The number of benzene rings is 2. The van der Waals surface area contributed by atoms with E-state index in [0.717, 1.165) is 5.39 Å². The Hall–Kier alpha value is -3.06. The highest BCUT2D eigenvalue weighted by Gasteiger charge is 2.19. The number of ether oxygens (including phenoxy) is 2. The predicted octanol–water partition coefficient (Wildman–Crippen LogP) is 3.46. The van der Waals surface area contributed by atoms with E-state index in [4.69, 9.17) is 9.47 Å². The van der Waals surface area contributed by atoms with E-state index < -0.39 is 16.0 Å². The minimum absolute atomic E-state index is 0.127. The first kappa shape index (κ1) is 18.7. The van der Waals surface area contributed by atoms with Crippen LogP contribution < -0.4 is 4.74 Å². The van der Waals surface area contributed by atoms with Gasteiger partial charge in [0, 0.05) is 17.7 Å². The van der Waals surface area contributed by atoms with Crippen LogP contribution in [0.25, 0.3) is 17.0 Å². The van der Waals surface area contributed by atoms with E-state index in [0.29, 0.717) is 16.8 Å². The first-order chi connectivity index (χ1) is 13.0. The molecule has 140 valence electrons. The van der Waals surface area contributed by atoms with Crippen LogP contribution in [0, 0.1) is 0 Å². The van der Waals surface area contributed by atoms with Crippen LogP contribution in [0.4, 0.5) is 0 Å². The number of carbonyl (C=O) groups is 1. The summed E-state index contributed by atoms with van der Waals surface area (Å²) in [6.07, 6.45) is 4.31. The van der Waals surface area contributed by atoms with Gasteiger partial charge in [-0.2, -0.15) is 0 Å². The molecule has 0 fully saturated rings. The van der Waals surface area contributed by atoms with E-state index in [1.165, 1.54) is 34.5 Å². The van der Waals surface area contributed by atoms with Crippen LogP contribution in [0.3, 0.4) is 0 Å². The number of methoxy groups -OCH3 is 1. The third-order valence-electron chi connectivity index (χ3n) is 3.97. The van der Waals surface area contributed by atoms with Gasteiger partial charge in [-0.1, -0.05) is 12.1 Å². The summed E-state index contributed by atoms with van der Waals surface area (Å²) in [4.78, 5) is 11.6. The third-order valence-corrected chi connectivity index (χ3v) is 5.66. The summed E-state index contributed by atoms with van der Waals surface area (Å²) in [6.45, 7) is 2.00. The maximum Gasteiger partial charge on any atom is 0.330 e. The molecule has 3 aromatic rings. The fourth-order valence-electron chi connectivity index (χ4n) is 2.68. The monoisotopic (exact) mass is 385 g/mol. The molecule has 1 heterocycles. The molecular weight excluding hydrogens is 366 g/mol. The summed E-state index contributed by atoms with van der Waals surface area (Å²) >= 11 is 0. The zero-order valence-electron chi connectivity index (χ0n) is 15.0. The van der Waals surface area contributed by atoms with Gasteiger partial charge in [0.15, 0.2) is 0 Å². The Morgan fingerprint density at radius 3 is 2.70 bits per heavy atom. The van der Waals surface area contributed by atoms with Gasteiger partial charge < -0.3 is 9.47 Å². The summed E-state index contributed by atoms with van der Waals surface area (Å²) in [7, 11) is -2.23. The molecule has 1 aromatic heterocycles. The van der Waals surface area contributed by atoms with Crippen molar-refractivity contribution >= 4 is 33.0 Å². The van der Waals surface area contributed by atoms with Gasteiger partial charge in [0.05, 0.1) is 24.1 Å². The van der Waals surface area contributed by atoms with Crippen molar-refractivity contribution in [3.8, 4) is 5.75 Å². The Morgan fingerprint density at radius 1 is 1.15 bits per heavy atom. The zero-order valence-corrected chi connectivity index (χ0v) is 15.8. The van der Waals surface area contributed by atoms with Crippen molar-refractivity contribution in [2.24, 2.45) is 0 Å². The van der Waals surface area contributed by atoms with Crippen LogP contribution in [0.2, 0.25) is 0 Å². The average Bonchev–Trinajstić information content (AvgIpc) is 3.10. The number of nitrogens with zero attached hydrogens (tertiary/aromatic N) is 1. The molecule has 2 aromatic carbocycles. The summed E-state index contributed by atoms with van der Waals surface area (Å²) < 4.78 is 37.4. The smallest absolute Gasteiger partial charge is 0.330 e. The fourth-order valence-corrected chi connectivity index (χ4v) is 4.09. The lowest BCUT2D eigenvalue weighted by Crippen LogP contribution is -2.11. The molecule has 0 saturated heterocycles. The Bertz CT molecular complexity index is 1110. The van der Waals surface area contributed by atoms with E-state index in [2.05, 4.69) is 0 Å². The Morgan fingerprint density at radius 2 is 1.96 bits per heavy atom. The number of rotatable bonds is 6. The SMILES string of the molecule is CCOC(=O)/C=C/c1cccc(S(=O)(=O)n2ccc3cc(OC)ccc32)c1. The van der Waals surface area contributed by atoms with Crippen molar-refractivity contribution in [3.63, 3.8) is 0 Å². The number of hydrogen-bond donors (Lipinski definition) is 0. The minimum atomic E-state index is -3.79. The Labute approximate surface area is 157 Å². The predicted molar refractivity (Wildman–Crippen MR) is 103 cm³/mol. The molecule has 0 bridgehead atoms. The molecular formula is C20H19NO5S. The highest BCUT2D eigenvalue weighted by molar-refractivity contribution is 7.90. The molecule has 0 unspecified atom stereocenters. The summed E-state index contributed by atoms with van der Waals surface area (Å²) in [5.41, 5.74) is 1.14. The molecule has 3 rings (SSSR count). The molecule has 0 amide bonds. The van der Waals surface area contributed by atoms with Gasteiger partial charge >= 0.3 is 5.97 Å². The molecule has 0 spiro atoms. The number of fused-ring (bicyclic) bond motifs is 1. The Balaban J connectivity index is 1.98. The van der Waals surface area contributed by atoms with Crippen LogP contribution in [0.5, 0.6) is 5.75 Å². The van der Waals surface area contributed by atoms with Gasteiger partial charge in [0.2, 0.25) is 0 Å². The molecule has 0 radical (unpaired) electrons. The highest BCUT2D eigenvalue weighted by Crippen LogP contribution is 2.26. The number of hydrogen-bond acceptors (Lipinski definition) is 5. The summed E-state index contributed by atoms with van der Waals surface area (Å²) in [5, 5.41) is 0.760. The van der Waals surface area contributed by atoms with Gasteiger partial charge in [-0.15, -0.1) is 0 Å². The van der Waals surface area contributed by atoms with Crippen LogP contribution in [-0.4, -0.2) is 32.1 Å². The van der Waals surface area contributed by atoms with Crippen molar-refractivity contribution in [3.05, 3.63) is 66.4 Å². The van der Waals surface area contributed by atoms with Crippen LogP contribution >= 0.6 is 0 Å². The second-order valence-corrected chi connectivity index (χ2v) is 7.51. The number of aromatic nitrogens is 1. The standard InChI is InChI=1S/C20H19NO5S/c1-3-26-20(22)10-7-15-5-4-6-18(13-15)27(23,24)21-12-11-16-14-17(25-2)8-9-19(16)21/h4-14H,3H2,1-2H3/b10-7+. The summed E-state index contributed by atoms with van der Waals surface area (Å²) in [6, 6.07) is 13.3. The second-order valence-electron chi connectivity index (χ2n) is 5.70. The van der Waals surface area contributed by atoms with E-state index >= 15 is 0 Å². The van der Waals surface area contributed by atoms with Crippen molar-refractivity contribution < 1.29 is 22.7 Å². The normalized spacial score (nSPS) is 11.8. The van der Waals surface area contributed by atoms with Crippen LogP contribution in [0.15, 0.2) is 65.7 Å². The van der Waals surface area contributed by atoms with Gasteiger partial charge in [0.1, 0.15) is 5.75 Å². The maximum atomic E-state index is 13.1. The van der Waals surface area contributed by atoms with E-state index in [1.807, 2.05) is 0 Å². The van der Waals surface area contributed by atoms with Crippen molar-refractivity contribution in [1.82, 2.24) is 3.97 Å². The van der Waals surface area contributed by atoms with Crippen molar-refractivity contribution in [1.29, 1.82) is 0 Å². The Kier molecular flexibility index (Phi) is 5.32. The lowest BCUT2D eigenvalue weighted by atomic mass is 10.2. The molecule has 27 heavy (non-hydrogen) atoms. The topological polar surface area (TPSA) is 74.6 Å². The molecule has 0 aliphatic heterocycles. The van der Waals surface area contributed by atoms with Gasteiger partial charge in [-0.25, -0.2) is 17.2 Å². The number of carbonyl (C=O) groups excluding carboxylic acids is 1. The van der Waals surface area contributed by atoms with E-state index in [1.54, 1.807) is 50.4 Å². The summed E-state index contributed by atoms with van der Waals surface area (Å²) in [5.74, 6) is 0.180. The lowest BCUT2D eigenvalue weighted by Gasteiger charge is -2.09. The molecule has 0 N–H and O–H groups in total. The first-order valence-electron chi connectivity index (χ1n) is 8.31. The first-order valence-corrected chi connectivity index (χ1v) is 9.75. The second kappa shape index (κ2) is 7.67. The zero-order chi connectivity index (χ0) is 19.4. The van der Waals surface area contributed by atoms with Gasteiger partial charge in [-0.05, 0) is 55.0 Å². The van der Waals surface area contributed by atoms with Crippen LogP contribution in [0.1, 0.15) is 12.5 Å². The molecule has 0 aliphatic rings. The van der Waals surface area contributed by atoms with Crippen molar-refractivity contribution in [2.45, 2.75) is 11.8 Å². The fraction of sp³-hybridized carbons (Fsp3) is 0.150. The molecule has 0 saturated carbocycles. The largest absolute Gasteiger partial charge is 0.497 e. The highest BCUT2D eigenvalue weighted by atomic mass is 32.2. The van der Waals surface area contributed by atoms with Crippen LogP contribution in [-0.2, 0) is 19.6 Å². The molecule has 0 aliphatic carbocycles. The maximum absolute atomic E-state index is 13.1. The third kappa shape index (κ3) is 3.88. The average molecular weight is 385 g/mol. The van der Waals surface area contributed by atoms with Gasteiger partial charge in [-0.3, -0.25) is 0 Å². The van der Waals surface area contributed by atoms with Crippen molar-refractivity contribution in [2.75, 3.05) is 13.7 Å². The number of esters is 1.